The molecule has 1 unspecified atom stereocenters. The summed E-state index contributed by atoms with van der Waals surface area (Å²) in [6.45, 7) is 1.83. The summed E-state index contributed by atoms with van der Waals surface area (Å²) >= 11 is 11.7. The Hall–Kier alpha value is -0.100. The average molecular weight is 221 g/mol. The number of rotatable bonds is 1. The lowest BCUT2D eigenvalue weighted by atomic mass is 10.1. The highest BCUT2D eigenvalue weighted by Crippen LogP contribution is 2.29. The Labute approximate surface area is 83.3 Å². The van der Waals surface area contributed by atoms with Crippen LogP contribution in [0.25, 0.3) is 0 Å². The van der Waals surface area contributed by atoms with E-state index in [1.54, 1.807) is 12.1 Å². The third kappa shape index (κ3) is 1.80. The fraction of sp³-hybridized carbons (Fsp3) is 0.125. The predicted octanol–water partition coefficient (Wildman–Crippen LogP) is 3.32. The molecule has 1 aromatic rings. The van der Waals surface area contributed by atoms with Crippen LogP contribution >= 0.6 is 32.4 Å². The van der Waals surface area contributed by atoms with Gasteiger partial charge in [-0.25, -0.2) is 0 Å². The molecule has 0 saturated carbocycles. The molecule has 0 fully saturated rings. The second-order valence-corrected chi connectivity index (χ2v) is 3.73. The largest absolute Gasteiger partial charge is 0.290 e. The highest BCUT2D eigenvalue weighted by Gasteiger charge is 2.11. The molecule has 0 aliphatic carbocycles. The molecule has 0 N–H and O–H groups in total. The number of carbonyl (C=O) groups is 1. The number of hydrogen-bond donors (Lipinski definition) is 0. The first-order valence-corrected chi connectivity index (χ1v) is 4.61. The Kier molecular flexibility index (Phi) is 3.11. The molecule has 4 heteroatoms. The van der Waals surface area contributed by atoms with Crippen molar-refractivity contribution in [2.45, 2.75) is 6.92 Å². The predicted molar refractivity (Wildman–Crippen MR) is 55.2 cm³/mol. The molecule has 64 valence electrons. The smallest absolute Gasteiger partial charge is 0.181 e. The van der Waals surface area contributed by atoms with Crippen LogP contribution in [0.15, 0.2) is 12.1 Å². The van der Waals surface area contributed by atoms with Gasteiger partial charge in [0.1, 0.15) is 0 Å². The number of hydrogen-bond acceptors (Lipinski definition) is 1. The molecule has 0 radical (unpaired) electrons. The molecule has 1 rings (SSSR count). The fourth-order valence-corrected chi connectivity index (χ4v) is 1.92. The van der Waals surface area contributed by atoms with Gasteiger partial charge in [-0.15, -0.1) is 0 Å². The quantitative estimate of drug-likeness (QED) is 0.664. The lowest BCUT2D eigenvalue weighted by molar-refractivity contribution is 0.108. The molecular weight excluding hydrogens is 214 g/mol. The second kappa shape index (κ2) is 3.74. The van der Waals surface area contributed by atoms with Gasteiger partial charge in [-0.1, -0.05) is 38.5 Å². The van der Waals surface area contributed by atoms with E-state index < -0.39 is 0 Å². The minimum absolute atomic E-state index is 0.186. The first-order valence-electron chi connectivity index (χ1n) is 3.28. The van der Waals surface area contributed by atoms with Crippen molar-refractivity contribution in [2.24, 2.45) is 0 Å². The minimum atomic E-state index is -0.186. The lowest BCUT2D eigenvalue weighted by Gasteiger charge is -2.04. The van der Waals surface area contributed by atoms with Crippen LogP contribution in [0.5, 0.6) is 0 Å². The van der Waals surface area contributed by atoms with E-state index >= 15 is 0 Å². The minimum Gasteiger partial charge on any atom is -0.290 e. The van der Waals surface area contributed by atoms with E-state index in [0.29, 0.717) is 15.6 Å². The zero-order chi connectivity index (χ0) is 9.30. The molecular formula is C8H7Cl2OP. The van der Waals surface area contributed by atoms with E-state index in [1.807, 2.05) is 6.92 Å². The molecule has 0 heterocycles. The van der Waals surface area contributed by atoms with Gasteiger partial charge in [0.2, 0.25) is 0 Å². The van der Waals surface area contributed by atoms with Crippen molar-refractivity contribution in [3.8, 4) is 0 Å². The summed E-state index contributed by atoms with van der Waals surface area (Å²) < 4.78 is 0. The van der Waals surface area contributed by atoms with Crippen molar-refractivity contribution in [3.63, 3.8) is 0 Å². The second-order valence-electron chi connectivity index (χ2n) is 2.42. The molecule has 0 aromatic heterocycles. The van der Waals surface area contributed by atoms with Gasteiger partial charge in [0.25, 0.3) is 0 Å². The van der Waals surface area contributed by atoms with Crippen molar-refractivity contribution >= 4 is 38.0 Å². The number of carbonyl (C=O) groups excluding carboxylic acids is 1. The monoisotopic (exact) mass is 220 g/mol. The van der Waals surface area contributed by atoms with Crippen molar-refractivity contribution in [1.82, 2.24) is 0 Å². The van der Waals surface area contributed by atoms with Crippen LogP contribution < -0.4 is 0 Å². The topological polar surface area (TPSA) is 17.1 Å². The first-order chi connectivity index (χ1) is 5.54. The van der Waals surface area contributed by atoms with Crippen LogP contribution in [0.2, 0.25) is 10.0 Å². The maximum Gasteiger partial charge on any atom is 0.181 e. The Morgan fingerprint density at radius 2 is 2.00 bits per heavy atom. The van der Waals surface area contributed by atoms with Gasteiger partial charge in [0, 0.05) is 0 Å². The molecule has 0 bridgehead atoms. The van der Waals surface area contributed by atoms with E-state index in [0.717, 1.165) is 5.56 Å². The first kappa shape index (κ1) is 9.98. The Morgan fingerprint density at radius 1 is 1.42 bits per heavy atom. The Balaban J connectivity index is 3.43. The molecule has 0 aliphatic rings. The van der Waals surface area contributed by atoms with Crippen molar-refractivity contribution in [1.29, 1.82) is 0 Å². The molecule has 0 amide bonds. The third-order valence-corrected chi connectivity index (χ3v) is 2.62. The third-order valence-electron chi connectivity index (χ3n) is 1.53. The van der Waals surface area contributed by atoms with Gasteiger partial charge in [-0.2, -0.15) is 0 Å². The maximum atomic E-state index is 11.0. The molecule has 0 aliphatic heterocycles. The van der Waals surface area contributed by atoms with Gasteiger partial charge in [-0.3, -0.25) is 4.79 Å². The number of halogens is 2. The van der Waals surface area contributed by atoms with Crippen LogP contribution in [-0.4, -0.2) is 5.52 Å². The standard InChI is InChI=1S/C8H7Cl2OP/c1-4-2-3-5(9)6(7(4)10)8(11)12/h2-3H,12H2,1H3. The van der Waals surface area contributed by atoms with Crippen LogP contribution in [0.3, 0.4) is 0 Å². The molecule has 1 atom stereocenters. The van der Waals surface area contributed by atoms with Gasteiger partial charge in [0.15, 0.2) is 5.52 Å². The molecule has 1 aromatic carbocycles. The summed E-state index contributed by atoms with van der Waals surface area (Å²) in [5.41, 5.74) is 1.05. The zero-order valence-electron chi connectivity index (χ0n) is 6.40. The van der Waals surface area contributed by atoms with E-state index in [9.17, 15) is 4.79 Å². The lowest BCUT2D eigenvalue weighted by Crippen LogP contribution is -1.93. The summed E-state index contributed by atoms with van der Waals surface area (Å²) in [4.78, 5) is 11.0. The van der Waals surface area contributed by atoms with Crippen LogP contribution in [0.4, 0.5) is 0 Å². The average Bonchev–Trinajstić information content (AvgIpc) is 1.97. The molecule has 0 saturated heterocycles. The van der Waals surface area contributed by atoms with Crippen LogP contribution in [0.1, 0.15) is 15.9 Å². The van der Waals surface area contributed by atoms with Crippen molar-refractivity contribution in [3.05, 3.63) is 33.3 Å². The van der Waals surface area contributed by atoms with Gasteiger partial charge >= 0.3 is 0 Å². The summed E-state index contributed by atoms with van der Waals surface area (Å²) in [6, 6.07) is 3.45. The summed E-state index contributed by atoms with van der Waals surface area (Å²) in [5.74, 6) is 0. The Bertz CT molecular complexity index is 336. The van der Waals surface area contributed by atoms with E-state index in [1.165, 1.54) is 0 Å². The van der Waals surface area contributed by atoms with E-state index in [4.69, 9.17) is 23.2 Å². The maximum absolute atomic E-state index is 11.0. The summed E-state index contributed by atoms with van der Waals surface area (Å²) in [5, 5.41) is 0.827. The van der Waals surface area contributed by atoms with Crippen molar-refractivity contribution < 1.29 is 4.79 Å². The number of aryl methyl sites for hydroxylation is 1. The molecule has 12 heavy (non-hydrogen) atoms. The highest BCUT2D eigenvalue weighted by molar-refractivity contribution is 7.41. The molecule has 0 spiro atoms. The summed E-state index contributed by atoms with van der Waals surface area (Å²) in [6.07, 6.45) is 0. The normalized spacial score (nSPS) is 10.0. The highest BCUT2D eigenvalue weighted by atomic mass is 35.5. The van der Waals surface area contributed by atoms with Gasteiger partial charge in [-0.05, 0) is 18.6 Å². The van der Waals surface area contributed by atoms with Crippen LogP contribution in [-0.2, 0) is 0 Å². The summed E-state index contributed by atoms with van der Waals surface area (Å²) in [7, 11) is 2.06. The zero-order valence-corrected chi connectivity index (χ0v) is 9.06. The van der Waals surface area contributed by atoms with Gasteiger partial charge in [0.05, 0.1) is 15.6 Å². The SMILES string of the molecule is Cc1ccc(Cl)c(C(=O)P)c1Cl. The van der Waals surface area contributed by atoms with E-state index in [-0.39, 0.29) is 5.52 Å². The van der Waals surface area contributed by atoms with Crippen molar-refractivity contribution in [2.75, 3.05) is 0 Å². The Morgan fingerprint density at radius 3 is 2.42 bits per heavy atom. The van der Waals surface area contributed by atoms with Gasteiger partial charge < -0.3 is 0 Å². The molecule has 1 nitrogen and oxygen atoms in total. The fourth-order valence-electron chi connectivity index (χ4n) is 0.883. The van der Waals surface area contributed by atoms with Crippen LogP contribution in [0, 0.1) is 6.92 Å². The number of benzene rings is 1. The van der Waals surface area contributed by atoms with E-state index in [2.05, 4.69) is 9.24 Å².